The van der Waals surface area contributed by atoms with Crippen LogP contribution in [0.5, 0.6) is 0 Å². The lowest BCUT2D eigenvalue weighted by molar-refractivity contribution is -0.136. The molecule has 2 bridgehead atoms. The number of nitrogens with zero attached hydrogens (tertiary/aromatic N) is 1. The van der Waals surface area contributed by atoms with E-state index in [1.54, 1.807) is 11.8 Å². The number of ketones is 1. The van der Waals surface area contributed by atoms with E-state index >= 15 is 0 Å². The van der Waals surface area contributed by atoms with Crippen LogP contribution in [0.1, 0.15) is 32.1 Å². The Labute approximate surface area is 161 Å². The molecule has 2 aromatic rings. The van der Waals surface area contributed by atoms with E-state index in [0.29, 0.717) is 23.8 Å². The standard InChI is InChI=1S/C20H22N2O2S2/c1-25-16-7-5-12(6-8-16)17-11-26-20(21-17)22-19(24)15-9-13-3-2-4-14(10-15)18(13)23/h5-8,11,13-15H,2-4,9-10H2,1H3,(H,21,22,24). The summed E-state index contributed by atoms with van der Waals surface area (Å²) in [4.78, 5) is 30.7. The Balaban J connectivity index is 1.42. The molecule has 1 N–H and O–H groups in total. The Morgan fingerprint density at radius 2 is 1.88 bits per heavy atom. The van der Waals surface area contributed by atoms with E-state index in [4.69, 9.17) is 0 Å². The molecule has 4 rings (SSSR count). The molecule has 1 amide bonds. The Morgan fingerprint density at radius 3 is 2.54 bits per heavy atom. The number of aromatic nitrogens is 1. The van der Waals surface area contributed by atoms with E-state index in [2.05, 4.69) is 40.8 Å². The fourth-order valence-electron chi connectivity index (χ4n) is 4.13. The van der Waals surface area contributed by atoms with Gasteiger partial charge in [-0.2, -0.15) is 0 Å². The number of nitrogens with one attached hydrogen (secondary N) is 1. The number of carbonyl (C=O) groups excluding carboxylic acids is 2. The predicted molar refractivity (Wildman–Crippen MR) is 107 cm³/mol. The molecule has 2 aliphatic rings. The highest BCUT2D eigenvalue weighted by Crippen LogP contribution is 2.40. The zero-order valence-corrected chi connectivity index (χ0v) is 16.4. The molecular weight excluding hydrogens is 364 g/mol. The van der Waals surface area contributed by atoms with Gasteiger partial charge in [0.25, 0.3) is 0 Å². The van der Waals surface area contributed by atoms with Crippen LogP contribution in [0, 0.1) is 17.8 Å². The van der Waals surface area contributed by atoms with Gasteiger partial charge in [-0.05, 0) is 44.1 Å². The molecule has 4 nitrogen and oxygen atoms in total. The van der Waals surface area contributed by atoms with Gasteiger partial charge < -0.3 is 5.32 Å². The molecule has 2 unspecified atom stereocenters. The van der Waals surface area contributed by atoms with E-state index < -0.39 is 0 Å². The lowest BCUT2D eigenvalue weighted by Gasteiger charge is -2.36. The van der Waals surface area contributed by atoms with Gasteiger partial charge in [0, 0.05) is 33.6 Å². The van der Waals surface area contributed by atoms with E-state index in [-0.39, 0.29) is 23.7 Å². The van der Waals surface area contributed by atoms with Gasteiger partial charge in [-0.25, -0.2) is 4.98 Å². The minimum absolute atomic E-state index is 0.0213. The number of fused-ring (bicyclic) bond motifs is 2. The van der Waals surface area contributed by atoms with Gasteiger partial charge in [-0.15, -0.1) is 23.1 Å². The number of thioether (sulfide) groups is 1. The molecule has 0 saturated heterocycles. The second-order valence-electron chi connectivity index (χ2n) is 7.15. The summed E-state index contributed by atoms with van der Waals surface area (Å²) >= 11 is 3.16. The lowest BCUT2D eigenvalue weighted by atomic mass is 9.67. The number of amides is 1. The first-order valence-corrected chi connectivity index (χ1v) is 11.2. The monoisotopic (exact) mass is 386 g/mol. The summed E-state index contributed by atoms with van der Waals surface area (Å²) in [6.45, 7) is 0. The molecule has 1 aromatic heterocycles. The maximum absolute atomic E-state index is 12.7. The Kier molecular flexibility index (Phi) is 5.14. The number of anilines is 1. The normalized spacial score (nSPS) is 25.1. The van der Waals surface area contributed by atoms with Gasteiger partial charge in [0.2, 0.25) is 5.91 Å². The quantitative estimate of drug-likeness (QED) is 0.762. The molecule has 1 heterocycles. The lowest BCUT2D eigenvalue weighted by Crippen LogP contribution is -2.40. The molecule has 136 valence electrons. The fraction of sp³-hybridized carbons (Fsp3) is 0.450. The van der Waals surface area contributed by atoms with Crippen molar-refractivity contribution >= 4 is 39.9 Å². The molecule has 2 atom stereocenters. The maximum Gasteiger partial charge on any atom is 0.229 e. The van der Waals surface area contributed by atoms with Crippen LogP contribution in [0.3, 0.4) is 0 Å². The minimum atomic E-state index is -0.0591. The highest BCUT2D eigenvalue weighted by molar-refractivity contribution is 7.98. The van der Waals surface area contributed by atoms with Gasteiger partial charge in [0.05, 0.1) is 5.69 Å². The molecule has 6 heteroatoms. The van der Waals surface area contributed by atoms with Crippen molar-refractivity contribution in [2.24, 2.45) is 17.8 Å². The summed E-state index contributed by atoms with van der Waals surface area (Å²) in [7, 11) is 0. The third-order valence-corrected chi connectivity index (χ3v) is 7.04. The van der Waals surface area contributed by atoms with Crippen molar-refractivity contribution in [3.8, 4) is 11.3 Å². The molecule has 2 aliphatic carbocycles. The molecular formula is C20H22N2O2S2. The predicted octanol–water partition coefficient (Wildman–Crippen LogP) is 4.87. The fourth-order valence-corrected chi connectivity index (χ4v) is 5.26. The van der Waals surface area contributed by atoms with Crippen molar-refractivity contribution in [3.63, 3.8) is 0 Å². The first-order valence-electron chi connectivity index (χ1n) is 9.08. The SMILES string of the molecule is CSc1ccc(-c2csc(NC(=O)C3CC4CCCC(C3)C4=O)n2)cc1. The van der Waals surface area contributed by atoms with Gasteiger partial charge in [-0.3, -0.25) is 9.59 Å². The summed E-state index contributed by atoms with van der Waals surface area (Å²) in [5, 5.41) is 5.60. The summed E-state index contributed by atoms with van der Waals surface area (Å²) in [6, 6.07) is 8.27. The summed E-state index contributed by atoms with van der Waals surface area (Å²) in [5.41, 5.74) is 1.94. The number of hydrogen-bond acceptors (Lipinski definition) is 5. The van der Waals surface area contributed by atoms with E-state index in [9.17, 15) is 9.59 Å². The van der Waals surface area contributed by atoms with E-state index in [1.807, 2.05) is 5.38 Å². The number of Topliss-reactive ketones (excluding diaryl/α,β-unsaturated/α-hetero) is 1. The average Bonchev–Trinajstić information content (AvgIpc) is 3.10. The molecule has 2 saturated carbocycles. The van der Waals surface area contributed by atoms with Crippen LogP contribution in [0.4, 0.5) is 5.13 Å². The van der Waals surface area contributed by atoms with Crippen molar-refractivity contribution in [2.75, 3.05) is 11.6 Å². The zero-order valence-electron chi connectivity index (χ0n) is 14.7. The van der Waals surface area contributed by atoms with Crippen molar-refractivity contribution < 1.29 is 9.59 Å². The van der Waals surface area contributed by atoms with Crippen LogP contribution in [0.2, 0.25) is 0 Å². The molecule has 2 fully saturated rings. The van der Waals surface area contributed by atoms with E-state index in [0.717, 1.165) is 30.5 Å². The number of benzene rings is 1. The third kappa shape index (κ3) is 3.58. The molecule has 0 radical (unpaired) electrons. The Morgan fingerprint density at radius 1 is 1.19 bits per heavy atom. The van der Waals surface area contributed by atoms with Crippen LogP contribution in [0.15, 0.2) is 34.5 Å². The summed E-state index contributed by atoms with van der Waals surface area (Å²) < 4.78 is 0. The minimum Gasteiger partial charge on any atom is -0.302 e. The van der Waals surface area contributed by atoms with Gasteiger partial charge >= 0.3 is 0 Å². The molecule has 26 heavy (non-hydrogen) atoms. The Hall–Kier alpha value is -1.66. The van der Waals surface area contributed by atoms with Crippen LogP contribution in [-0.2, 0) is 9.59 Å². The van der Waals surface area contributed by atoms with Crippen molar-refractivity contribution in [1.82, 2.24) is 4.98 Å². The summed E-state index contributed by atoms with van der Waals surface area (Å²) in [5.74, 6) is 0.551. The van der Waals surface area contributed by atoms with Crippen molar-refractivity contribution in [2.45, 2.75) is 37.0 Å². The smallest absolute Gasteiger partial charge is 0.229 e. The first kappa shape index (κ1) is 17.7. The number of rotatable bonds is 4. The Bertz CT molecular complexity index is 799. The highest BCUT2D eigenvalue weighted by atomic mass is 32.2. The second kappa shape index (κ2) is 7.53. The van der Waals surface area contributed by atoms with Crippen LogP contribution >= 0.6 is 23.1 Å². The van der Waals surface area contributed by atoms with Crippen LogP contribution < -0.4 is 5.32 Å². The van der Waals surface area contributed by atoms with Gasteiger partial charge in [0.1, 0.15) is 5.78 Å². The largest absolute Gasteiger partial charge is 0.302 e. The van der Waals surface area contributed by atoms with Crippen molar-refractivity contribution in [3.05, 3.63) is 29.6 Å². The molecule has 0 aliphatic heterocycles. The first-order chi connectivity index (χ1) is 12.6. The van der Waals surface area contributed by atoms with Crippen molar-refractivity contribution in [1.29, 1.82) is 0 Å². The summed E-state index contributed by atoms with van der Waals surface area (Å²) in [6.07, 6.45) is 6.49. The highest BCUT2D eigenvalue weighted by Gasteiger charge is 2.41. The molecule has 1 aromatic carbocycles. The van der Waals surface area contributed by atoms with Gasteiger partial charge in [0.15, 0.2) is 5.13 Å². The zero-order chi connectivity index (χ0) is 18.1. The van der Waals surface area contributed by atoms with Gasteiger partial charge in [-0.1, -0.05) is 18.6 Å². The van der Waals surface area contributed by atoms with Crippen LogP contribution in [-0.4, -0.2) is 22.9 Å². The number of hydrogen-bond donors (Lipinski definition) is 1. The molecule has 0 spiro atoms. The topological polar surface area (TPSA) is 59.1 Å². The average molecular weight is 387 g/mol. The van der Waals surface area contributed by atoms with E-state index in [1.165, 1.54) is 16.2 Å². The maximum atomic E-state index is 12.7. The second-order valence-corrected chi connectivity index (χ2v) is 8.89. The third-order valence-electron chi connectivity index (χ3n) is 5.54. The number of carbonyl (C=O) groups is 2. The number of thiazole rings is 1. The van der Waals surface area contributed by atoms with Crippen LogP contribution in [0.25, 0.3) is 11.3 Å².